The van der Waals surface area contributed by atoms with Crippen molar-refractivity contribution >= 4 is 57.2 Å². The molecular formula is C13H10Cl3N3S. The highest BCUT2D eigenvalue weighted by atomic mass is 35.5. The van der Waals surface area contributed by atoms with Gasteiger partial charge in [-0.2, -0.15) is 0 Å². The summed E-state index contributed by atoms with van der Waals surface area (Å²) < 4.78 is 2.06. The lowest BCUT2D eigenvalue weighted by Crippen LogP contribution is -2.04. The normalized spacial score (nSPS) is 13.0. The highest BCUT2D eigenvalue weighted by Gasteiger charge is 2.17. The van der Waals surface area contributed by atoms with Crippen molar-refractivity contribution in [3.63, 3.8) is 0 Å². The van der Waals surface area contributed by atoms with E-state index in [0.717, 1.165) is 21.7 Å². The largest absolute Gasteiger partial charge is 0.321 e. The number of rotatable bonds is 3. The van der Waals surface area contributed by atoms with E-state index >= 15 is 0 Å². The van der Waals surface area contributed by atoms with Gasteiger partial charge in [-0.25, -0.2) is 4.98 Å². The van der Waals surface area contributed by atoms with Crippen molar-refractivity contribution in [2.75, 3.05) is 0 Å². The first-order chi connectivity index (χ1) is 9.56. The molecule has 1 atom stereocenters. The number of imidazole rings is 1. The Labute approximate surface area is 135 Å². The number of benzene rings is 1. The van der Waals surface area contributed by atoms with Gasteiger partial charge in [0.1, 0.15) is 5.82 Å². The molecule has 3 aromatic rings. The number of hydrogen-bond acceptors (Lipinski definition) is 3. The Bertz CT molecular complexity index is 750. The molecule has 20 heavy (non-hydrogen) atoms. The fourth-order valence-corrected chi connectivity index (χ4v) is 3.15. The molecular weight excluding hydrogens is 337 g/mol. The number of hydrogen-bond donors (Lipinski definition) is 0. The monoisotopic (exact) mass is 345 g/mol. The number of halogens is 3. The predicted octanol–water partition coefficient (Wildman–Crippen LogP) is 5.15. The molecule has 2 aromatic heterocycles. The van der Waals surface area contributed by atoms with Gasteiger partial charge in [0.15, 0.2) is 0 Å². The Morgan fingerprint density at radius 1 is 1.30 bits per heavy atom. The lowest BCUT2D eigenvalue weighted by Gasteiger charge is -2.09. The van der Waals surface area contributed by atoms with E-state index in [4.69, 9.17) is 34.8 Å². The molecule has 0 N–H and O–H groups in total. The lowest BCUT2D eigenvalue weighted by molar-refractivity contribution is 0.749. The van der Waals surface area contributed by atoms with Crippen molar-refractivity contribution in [3.05, 3.63) is 44.6 Å². The van der Waals surface area contributed by atoms with Crippen molar-refractivity contribution in [2.45, 2.75) is 18.8 Å². The van der Waals surface area contributed by atoms with Crippen molar-refractivity contribution in [3.8, 4) is 0 Å². The van der Waals surface area contributed by atoms with Crippen molar-refractivity contribution in [1.82, 2.24) is 14.5 Å². The van der Waals surface area contributed by atoms with Gasteiger partial charge in [0, 0.05) is 11.1 Å². The average Bonchev–Trinajstić information content (AvgIpc) is 3.00. The van der Waals surface area contributed by atoms with E-state index < -0.39 is 0 Å². The summed E-state index contributed by atoms with van der Waals surface area (Å²) in [5.74, 6) is 0.799. The summed E-state index contributed by atoms with van der Waals surface area (Å²) in [4.78, 5) is 9.79. The van der Waals surface area contributed by atoms with Gasteiger partial charge >= 0.3 is 0 Å². The zero-order chi connectivity index (χ0) is 14.3. The highest BCUT2D eigenvalue weighted by Crippen LogP contribution is 2.31. The molecule has 2 heterocycles. The maximum atomic E-state index is 6.24. The van der Waals surface area contributed by atoms with Crippen LogP contribution in [0.2, 0.25) is 10.0 Å². The molecule has 0 fully saturated rings. The maximum absolute atomic E-state index is 6.24. The third-order valence-corrected chi connectivity index (χ3v) is 4.65. The van der Waals surface area contributed by atoms with Gasteiger partial charge in [0.2, 0.25) is 0 Å². The van der Waals surface area contributed by atoms with Crippen LogP contribution in [-0.2, 0) is 6.54 Å². The van der Waals surface area contributed by atoms with Crippen LogP contribution in [0.15, 0.2) is 23.8 Å². The van der Waals surface area contributed by atoms with Crippen LogP contribution in [0.4, 0.5) is 0 Å². The molecule has 3 rings (SSSR count). The quantitative estimate of drug-likeness (QED) is 0.614. The Morgan fingerprint density at radius 2 is 2.05 bits per heavy atom. The topological polar surface area (TPSA) is 30.7 Å². The Balaban J connectivity index is 2.20. The minimum atomic E-state index is -0.201. The summed E-state index contributed by atoms with van der Waals surface area (Å²) in [5, 5.41) is 0.807. The van der Waals surface area contributed by atoms with Gasteiger partial charge in [-0.05, 0) is 19.1 Å². The van der Waals surface area contributed by atoms with E-state index in [1.807, 2.05) is 24.7 Å². The molecule has 1 unspecified atom stereocenters. The molecule has 0 saturated heterocycles. The van der Waals surface area contributed by atoms with Crippen LogP contribution in [0.3, 0.4) is 0 Å². The fraction of sp³-hybridized carbons (Fsp3) is 0.231. The molecule has 1 aromatic carbocycles. The third kappa shape index (κ3) is 2.53. The van der Waals surface area contributed by atoms with Crippen molar-refractivity contribution in [2.24, 2.45) is 0 Å². The summed E-state index contributed by atoms with van der Waals surface area (Å²) in [6.45, 7) is 2.57. The van der Waals surface area contributed by atoms with Gasteiger partial charge in [-0.15, -0.1) is 22.9 Å². The number of aromatic nitrogens is 3. The van der Waals surface area contributed by atoms with E-state index in [1.165, 1.54) is 0 Å². The number of fused-ring (bicyclic) bond motifs is 1. The minimum Gasteiger partial charge on any atom is -0.321 e. The number of alkyl halides is 1. The molecule has 0 aliphatic carbocycles. The number of nitrogens with zero attached hydrogens (tertiary/aromatic N) is 3. The molecule has 0 saturated carbocycles. The SMILES string of the molecule is CC(Cl)c1nc2cc(Cl)c(Cl)cc2n1Cc1cncs1. The second-order valence-electron chi connectivity index (χ2n) is 4.39. The van der Waals surface area contributed by atoms with Gasteiger partial charge in [0.05, 0.1) is 38.5 Å². The van der Waals surface area contributed by atoms with Crippen LogP contribution in [0.25, 0.3) is 11.0 Å². The average molecular weight is 347 g/mol. The van der Waals surface area contributed by atoms with Crippen LogP contribution in [0.1, 0.15) is 23.0 Å². The molecule has 3 nitrogen and oxygen atoms in total. The molecule has 0 spiro atoms. The summed E-state index contributed by atoms with van der Waals surface area (Å²) in [7, 11) is 0. The van der Waals surface area contributed by atoms with E-state index in [9.17, 15) is 0 Å². The fourth-order valence-electron chi connectivity index (χ4n) is 2.08. The molecule has 7 heteroatoms. The minimum absolute atomic E-state index is 0.201. The molecule has 0 aliphatic rings. The molecule has 0 radical (unpaired) electrons. The molecule has 0 aliphatic heterocycles. The lowest BCUT2D eigenvalue weighted by atomic mass is 10.3. The summed E-state index contributed by atoms with van der Waals surface area (Å²) >= 11 is 20.0. The van der Waals surface area contributed by atoms with E-state index in [0.29, 0.717) is 16.6 Å². The van der Waals surface area contributed by atoms with Gasteiger partial charge in [-0.3, -0.25) is 4.98 Å². The second kappa shape index (κ2) is 5.53. The third-order valence-electron chi connectivity index (χ3n) is 2.97. The first kappa shape index (κ1) is 14.1. The molecule has 0 amide bonds. The van der Waals surface area contributed by atoms with Gasteiger partial charge in [0.25, 0.3) is 0 Å². The second-order valence-corrected chi connectivity index (χ2v) is 6.83. The van der Waals surface area contributed by atoms with E-state index in [-0.39, 0.29) is 5.38 Å². The predicted molar refractivity (Wildman–Crippen MR) is 85.2 cm³/mol. The standard InChI is InChI=1S/C13H10Cl3N3S/c1-7(14)13-18-11-2-9(15)10(16)3-12(11)19(13)5-8-4-17-6-20-8/h2-4,6-7H,5H2,1H3. The first-order valence-corrected chi connectivity index (χ1v) is 8.00. The van der Waals surface area contributed by atoms with Gasteiger partial charge in [-0.1, -0.05) is 23.2 Å². The van der Waals surface area contributed by atoms with Crippen LogP contribution >= 0.6 is 46.1 Å². The summed E-state index contributed by atoms with van der Waals surface area (Å²) in [6, 6.07) is 3.60. The summed E-state index contributed by atoms with van der Waals surface area (Å²) in [6.07, 6.45) is 1.84. The van der Waals surface area contributed by atoms with Crippen LogP contribution in [0.5, 0.6) is 0 Å². The van der Waals surface area contributed by atoms with Crippen LogP contribution in [-0.4, -0.2) is 14.5 Å². The highest BCUT2D eigenvalue weighted by molar-refractivity contribution is 7.09. The Morgan fingerprint density at radius 3 is 2.70 bits per heavy atom. The summed E-state index contributed by atoms with van der Waals surface area (Å²) in [5.41, 5.74) is 3.53. The van der Waals surface area contributed by atoms with Crippen LogP contribution in [0, 0.1) is 0 Å². The van der Waals surface area contributed by atoms with Crippen molar-refractivity contribution < 1.29 is 0 Å². The number of thiazole rings is 1. The van der Waals surface area contributed by atoms with Gasteiger partial charge < -0.3 is 4.57 Å². The maximum Gasteiger partial charge on any atom is 0.128 e. The Hall–Kier alpha value is -0.810. The zero-order valence-corrected chi connectivity index (χ0v) is 13.6. The molecule has 0 bridgehead atoms. The van der Waals surface area contributed by atoms with E-state index in [1.54, 1.807) is 17.4 Å². The zero-order valence-electron chi connectivity index (χ0n) is 10.5. The van der Waals surface area contributed by atoms with E-state index in [2.05, 4.69) is 14.5 Å². The van der Waals surface area contributed by atoms with Crippen LogP contribution < -0.4 is 0 Å². The Kier molecular flexibility index (Phi) is 3.91. The van der Waals surface area contributed by atoms with Crippen molar-refractivity contribution in [1.29, 1.82) is 0 Å². The molecule has 104 valence electrons. The smallest absolute Gasteiger partial charge is 0.128 e. The first-order valence-electron chi connectivity index (χ1n) is 5.93.